The van der Waals surface area contributed by atoms with E-state index >= 15 is 0 Å². The molecule has 0 N–H and O–H groups in total. The summed E-state index contributed by atoms with van der Waals surface area (Å²) in [6.07, 6.45) is 0. The Morgan fingerprint density at radius 2 is 2.10 bits per heavy atom. The number of ether oxygens (including phenoxy) is 1. The quantitative estimate of drug-likeness (QED) is 0.763. The van der Waals surface area contributed by atoms with E-state index in [-0.39, 0.29) is 6.03 Å². The second kappa shape index (κ2) is 5.57. The zero-order chi connectivity index (χ0) is 15.0. The van der Waals surface area contributed by atoms with E-state index in [4.69, 9.17) is 4.74 Å². The summed E-state index contributed by atoms with van der Waals surface area (Å²) in [5.41, 5.74) is 1.11. The Bertz CT molecular complexity index is 596. The van der Waals surface area contributed by atoms with Crippen LogP contribution >= 0.6 is 27.3 Å². The lowest BCUT2D eigenvalue weighted by Crippen LogP contribution is -2.47. The first-order valence-corrected chi connectivity index (χ1v) is 7.59. The molecule has 0 bridgehead atoms. The smallest absolute Gasteiger partial charge is 0.338 e. The average Bonchev–Trinajstić information content (AvgIpc) is 2.85. The molecular weight excluding hydrogens is 344 g/mol. The van der Waals surface area contributed by atoms with Gasteiger partial charge in [-0.3, -0.25) is 0 Å². The first-order chi connectivity index (χ1) is 9.38. The first-order valence-electron chi connectivity index (χ1n) is 5.92. The number of thiophene rings is 1. The van der Waals surface area contributed by atoms with Crippen molar-refractivity contribution in [1.82, 2.24) is 9.80 Å². The van der Waals surface area contributed by atoms with Gasteiger partial charge in [0.15, 0.2) is 0 Å². The standard InChI is InChI=1S/C13H15BrN2O3S/c1-7-10(12(17)19-4)11(9-5-8(14)6-20-9)16(3)13(18)15(7)2/h5-6,11H,1-4H3/t11-/m1/s1. The van der Waals surface area contributed by atoms with Gasteiger partial charge in [0.2, 0.25) is 0 Å². The molecule has 2 amide bonds. The Balaban J connectivity index is 2.60. The molecule has 0 aromatic carbocycles. The number of hydrogen-bond donors (Lipinski definition) is 0. The van der Waals surface area contributed by atoms with Crippen molar-refractivity contribution < 1.29 is 14.3 Å². The molecule has 2 rings (SSSR count). The summed E-state index contributed by atoms with van der Waals surface area (Å²) < 4.78 is 5.81. The molecule has 1 aromatic heterocycles. The fraction of sp³-hybridized carbons (Fsp3) is 0.385. The second-order valence-electron chi connectivity index (χ2n) is 4.51. The Labute approximate surface area is 129 Å². The van der Waals surface area contributed by atoms with E-state index in [0.29, 0.717) is 11.3 Å². The highest BCUT2D eigenvalue weighted by atomic mass is 79.9. The number of nitrogens with zero attached hydrogens (tertiary/aromatic N) is 2. The Morgan fingerprint density at radius 3 is 2.60 bits per heavy atom. The molecule has 1 atom stereocenters. The monoisotopic (exact) mass is 358 g/mol. The van der Waals surface area contributed by atoms with Crippen LogP contribution in [0.2, 0.25) is 0 Å². The van der Waals surface area contributed by atoms with Crippen LogP contribution in [0.4, 0.5) is 4.79 Å². The van der Waals surface area contributed by atoms with Gasteiger partial charge >= 0.3 is 12.0 Å². The lowest BCUT2D eigenvalue weighted by atomic mass is 9.99. The summed E-state index contributed by atoms with van der Waals surface area (Å²) in [5.74, 6) is -0.414. The van der Waals surface area contributed by atoms with Gasteiger partial charge in [-0.1, -0.05) is 0 Å². The molecule has 5 nitrogen and oxygen atoms in total. The fourth-order valence-corrected chi connectivity index (χ4v) is 3.83. The number of carbonyl (C=O) groups is 2. The van der Waals surface area contributed by atoms with Gasteiger partial charge < -0.3 is 14.5 Å². The van der Waals surface area contributed by atoms with Crippen LogP contribution in [0.15, 0.2) is 27.2 Å². The van der Waals surface area contributed by atoms with Crippen molar-refractivity contribution in [2.24, 2.45) is 0 Å². The number of urea groups is 1. The molecule has 2 heterocycles. The van der Waals surface area contributed by atoms with E-state index in [9.17, 15) is 9.59 Å². The lowest BCUT2D eigenvalue weighted by molar-refractivity contribution is -0.137. The molecule has 1 aliphatic rings. The summed E-state index contributed by atoms with van der Waals surface area (Å²) in [7, 11) is 4.69. The normalized spacial score (nSPS) is 19.6. The third-order valence-electron chi connectivity index (χ3n) is 3.40. The molecule has 0 saturated heterocycles. The molecule has 0 unspecified atom stereocenters. The molecule has 0 fully saturated rings. The summed E-state index contributed by atoms with van der Waals surface area (Å²) in [6.45, 7) is 1.76. The van der Waals surface area contributed by atoms with Crippen molar-refractivity contribution in [2.75, 3.05) is 21.2 Å². The molecular formula is C13H15BrN2O3S. The van der Waals surface area contributed by atoms with E-state index in [2.05, 4.69) is 15.9 Å². The number of methoxy groups -OCH3 is 1. The van der Waals surface area contributed by atoms with Crippen LogP contribution in [0.3, 0.4) is 0 Å². The Kier molecular flexibility index (Phi) is 4.19. The number of likely N-dealkylation sites (N-methyl/N-ethyl adjacent to an activating group) is 1. The summed E-state index contributed by atoms with van der Waals surface area (Å²) in [6, 6.07) is 1.35. The molecule has 0 aliphatic carbocycles. The van der Waals surface area contributed by atoms with Gasteiger partial charge in [0, 0.05) is 34.5 Å². The van der Waals surface area contributed by atoms with Crippen molar-refractivity contribution in [2.45, 2.75) is 13.0 Å². The minimum absolute atomic E-state index is 0.148. The minimum Gasteiger partial charge on any atom is -0.466 e. The summed E-state index contributed by atoms with van der Waals surface area (Å²) in [4.78, 5) is 28.3. The van der Waals surface area contributed by atoms with E-state index in [1.807, 2.05) is 11.4 Å². The van der Waals surface area contributed by atoms with Crippen LogP contribution in [0, 0.1) is 0 Å². The number of rotatable bonds is 2. The Morgan fingerprint density at radius 1 is 1.45 bits per heavy atom. The van der Waals surface area contributed by atoms with Gasteiger partial charge in [-0.05, 0) is 28.9 Å². The van der Waals surface area contributed by atoms with Gasteiger partial charge in [-0.2, -0.15) is 0 Å². The number of halogens is 1. The SMILES string of the molecule is COC(=O)C1=C(C)N(C)C(=O)N(C)[C@@H]1c1cc(Br)cs1. The third-order valence-corrected chi connectivity index (χ3v) is 5.15. The highest BCUT2D eigenvalue weighted by Gasteiger charge is 2.39. The highest BCUT2D eigenvalue weighted by molar-refractivity contribution is 9.10. The molecule has 108 valence electrons. The lowest BCUT2D eigenvalue weighted by Gasteiger charge is -2.38. The van der Waals surface area contributed by atoms with Crippen molar-refractivity contribution in [3.63, 3.8) is 0 Å². The molecule has 20 heavy (non-hydrogen) atoms. The number of carbonyl (C=O) groups excluding carboxylic acids is 2. The van der Waals surface area contributed by atoms with Crippen LogP contribution in [0.25, 0.3) is 0 Å². The summed E-state index contributed by atoms with van der Waals surface area (Å²) >= 11 is 4.89. The van der Waals surface area contributed by atoms with Crippen molar-refractivity contribution in [1.29, 1.82) is 0 Å². The largest absolute Gasteiger partial charge is 0.466 e. The number of esters is 1. The minimum atomic E-state index is -0.414. The van der Waals surface area contributed by atoms with E-state index in [0.717, 1.165) is 9.35 Å². The zero-order valence-corrected chi connectivity index (χ0v) is 14.0. The molecule has 0 saturated carbocycles. The van der Waals surface area contributed by atoms with Crippen LogP contribution in [-0.4, -0.2) is 43.0 Å². The first kappa shape index (κ1) is 15.1. The van der Waals surface area contributed by atoms with Crippen LogP contribution < -0.4 is 0 Å². The van der Waals surface area contributed by atoms with Crippen molar-refractivity contribution >= 4 is 39.3 Å². The van der Waals surface area contributed by atoms with Gasteiger partial charge in [0.05, 0.1) is 12.7 Å². The van der Waals surface area contributed by atoms with Gasteiger partial charge in [-0.15, -0.1) is 11.3 Å². The van der Waals surface area contributed by atoms with Gasteiger partial charge in [-0.25, -0.2) is 9.59 Å². The van der Waals surface area contributed by atoms with Gasteiger partial charge in [0.25, 0.3) is 0 Å². The summed E-state index contributed by atoms with van der Waals surface area (Å²) in [5, 5.41) is 1.93. The number of amides is 2. The van der Waals surface area contributed by atoms with Crippen molar-refractivity contribution in [3.8, 4) is 0 Å². The number of allylic oxidation sites excluding steroid dienone is 1. The second-order valence-corrected chi connectivity index (χ2v) is 6.37. The van der Waals surface area contributed by atoms with Crippen molar-refractivity contribution in [3.05, 3.63) is 32.1 Å². The third kappa shape index (κ3) is 2.35. The fourth-order valence-electron chi connectivity index (χ4n) is 2.24. The van der Waals surface area contributed by atoms with E-state index in [1.165, 1.54) is 23.3 Å². The predicted octanol–water partition coefficient (Wildman–Crippen LogP) is 3.00. The zero-order valence-electron chi connectivity index (χ0n) is 11.6. The maximum atomic E-state index is 12.2. The maximum Gasteiger partial charge on any atom is 0.338 e. The van der Waals surface area contributed by atoms with Crippen LogP contribution in [0.1, 0.15) is 17.8 Å². The molecule has 0 spiro atoms. The number of hydrogen-bond acceptors (Lipinski definition) is 4. The molecule has 7 heteroatoms. The Hall–Kier alpha value is -1.34. The average molecular weight is 359 g/mol. The van der Waals surface area contributed by atoms with Crippen LogP contribution in [-0.2, 0) is 9.53 Å². The molecule has 1 aromatic rings. The topological polar surface area (TPSA) is 49.9 Å². The van der Waals surface area contributed by atoms with E-state index in [1.54, 1.807) is 25.9 Å². The van der Waals surface area contributed by atoms with E-state index < -0.39 is 12.0 Å². The molecule has 1 aliphatic heterocycles. The molecule has 0 radical (unpaired) electrons. The highest BCUT2D eigenvalue weighted by Crippen LogP contribution is 2.39. The predicted molar refractivity (Wildman–Crippen MR) is 80.4 cm³/mol. The van der Waals surface area contributed by atoms with Crippen LogP contribution in [0.5, 0.6) is 0 Å². The maximum absolute atomic E-state index is 12.2. The van der Waals surface area contributed by atoms with Gasteiger partial charge in [0.1, 0.15) is 6.04 Å².